The molecule has 2 aromatic carbocycles. The second-order valence-electron chi connectivity index (χ2n) is 6.49. The fraction of sp³-hybridized carbons (Fsp3) is 0.316. The maximum absolute atomic E-state index is 12.7. The lowest BCUT2D eigenvalue weighted by Crippen LogP contribution is -2.42. The quantitative estimate of drug-likeness (QED) is 0.815. The van der Waals surface area contributed by atoms with Gasteiger partial charge < -0.3 is 15.4 Å². The zero-order valence-corrected chi connectivity index (χ0v) is 15.9. The van der Waals surface area contributed by atoms with E-state index in [1.165, 1.54) is 19.2 Å². The molecule has 1 amide bonds. The lowest BCUT2D eigenvalue weighted by atomic mass is 10.0. The fourth-order valence-corrected chi connectivity index (χ4v) is 4.06. The summed E-state index contributed by atoms with van der Waals surface area (Å²) in [6.07, 6.45) is 1.51. The number of rotatable bonds is 5. The van der Waals surface area contributed by atoms with Crippen LogP contribution in [-0.4, -0.2) is 45.5 Å². The van der Waals surface area contributed by atoms with Crippen LogP contribution < -0.4 is 15.2 Å². The number of hydrogen-bond acceptors (Lipinski definition) is 5. The van der Waals surface area contributed by atoms with E-state index in [9.17, 15) is 13.2 Å². The third kappa shape index (κ3) is 4.58. The molecule has 0 bridgehead atoms. The molecule has 0 spiro atoms. The molecule has 1 saturated heterocycles. The minimum absolute atomic E-state index is 0.0397. The summed E-state index contributed by atoms with van der Waals surface area (Å²) in [5.41, 5.74) is 6.64. The summed E-state index contributed by atoms with van der Waals surface area (Å²) >= 11 is 0. The molecule has 3 rings (SSSR count). The average Bonchev–Trinajstić information content (AvgIpc) is 2.68. The highest BCUT2D eigenvalue weighted by Crippen LogP contribution is 2.21. The summed E-state index contributed by atoms with van der Waals surface area (Å²) in [7, 11) is -2.27. The van der Waals surface area contributed by atoms with Gasteiger partial charge in [-0.15, -0.1) is 0 Å². The Balaban J connectivity index is 1.77. The second kappa shape index (κ2) is 7.98. The minimum Gasteiger partial charge on any atom is -0.497 e. The molecule has 1 heterocycles. The predicted molar refractivity (Wildman–Crippen MR) is 103 cm³/mol. The van der Waals surface area contributed by atoms with Crippen molar-refractivity contribution in [3.8, 4) is 5.75 Å². The summed E-state index contributed by atoms with van der Waals surface area (Å²) in [4.78, 5) is 14.4. The van der Waals surface area contributed by atoms with E-state index < -0.39 is 10.0 Å². The number of amides is 1. The Morgan fingerprint density at radius 3 is 2.44 bits per heavy atom. The van der Waals surface area contributed by atoms with Crippen molar-refractivity contribution in [2.75, 3.05) is 24.9 Å². The average molecular weight is 389 g/mol. The van der Waals surface area contributed by atoms with Crippen molar-refractivity contribution in [2.24, 2.45) is 5.73 Å². The minimum atomic E-state index is -3.81. The number of carbonyl (C=O) groups is 1. The van der Waals surface area contributed by atoms with Gasteiger partial charge in [0.25, 0.3) is 15.9 Å². The smallest absolute Gasteiger partial charge is 0.261 e. The Labute approximate surface area is 159 Å². The first kappa shape index (κ1) is 19.2. The van der Waals surface area contributed by atoms with Crippen molar-refractivity contribution in [1.82, 2.24) is 4.90 Å². The number of nitrogens with two attached hydrogens (primary N) is 1. The van der Waals surface area contributed by atoms with Crippen LogP contribution >= 0.6 is 0 Å². The van der Waals surface area contributed by atoms with E-state index in [4.69, 9.17) is 10.5 Å². The van der Waals surface area contributed by atoms with Gasteiger partial charge in [0.15, 0.2) is 0 Å². The van der Waals surface area contributed by atoms with Crippen molar-refractivity contribution < 1.29 is 17.9 Å². The number of piperidine rings is 1. The molecule has 3 N–H and O–H groups in total. The molecule has 0 aliphatic carbocycles. The van der Waals surface area contributed by atoms with Crippen molar-refractivity contribution in [3.63, 3.8) is 0 Å². The third-order valence-electron chi connectivity index (χ3n) is 4.56. The molecule has 0 unspecified atom stereocenters. The van der Waals surface area contributed by atoms with Crippen LogP contribution in [0.3, 0.4) is 0 Å². The van der Waals surface area contributed by atoms with Crippen molar-refractivity contribution in [3.05, 3.63) is 54.1 Å². The summed E-state index contributed by atoms with van der Waals surface area (Å²) < 4.78 is 32.9. The second-order valence-corrected chi connectivity index (χ2v) is 8.17. The highest BCUT2D eigenvalue weighted by atomic mass is 32.2. The van der Waals surface area contributed by atoms with Gasteiger partial charge in [0.2, 0.25) is 0 Å². The Morgan fingerprint density at radius 1 is 1.15 bits per heavy atom. The summed E-state index contributed by atoms with van der Waals surface area (Å²) in [5.74, 6) is 0.454. The number of carbonyl (C=O) groups excluding carboxylic acids is 1. The van der Waals surface area contributed by atoms with E-state index in [1.807, 2.05) is 0 Å². The van der Waals surface area contributed by atoms with Crippen molar-refractivity contribution in [2.45, 2.75) is 23.8 Å². The van der Waals surface area contributed by atoms with Gasteiger partial charge in [0.05, 0.1) is 12.0 Å². The molecule has 1 fully saturated rings. The van der Waals surface area contributed by atoms with Gasteiger partial charge in [-0.25, -0.2) is 8.42 Å². The zero-order chi connectivity index (χ0) is 19.4. The van der Waals surface area contributed by atoms with Crippen LogP contribution in [0, 0.1) is 0 Å². The molecule has 144 valence electrons. The monoisotopic (exact) mass is 389 g/mol. The lowest BCUT2D eigenvalue weighted by molar-refractivity contribution is 0.0714. The molecular formula is C19H23N3O4S. The number of ether oxygens (including phenoxy) is 1. The van der Waals surface area contributed by atoms with Gasteiger partial charge in [-0.05, 0) is 55.3 Å². The molecule has 0 aromatic heterocycles. The Hall–Kier alpha value is -2.58. The van der Waals surface area contributed by atoms with Crippen LogP contribution in [0.4, 0.5) is 5.69 Å². The normalized spacial score (nSPS) is 15.4. The fourth-order valence-electron chi connectivity index (χ4n) is 2.95. The number of likely N-dealkylation sites (tertiary alicyclic amines) is 1. The van der Waals surface area contributed by atoms with E-state index in [0.717, 1.165) is 12.8 Å². The van der Waals surface area contributed by atoms with Gasteiger partial charge in [0, 0.05) is 30.4 Å². The largest absolute Gasteiger partial charge is 0.497 e. The van der Waals surface area contributed by atoms with Gasteiger partial charge in [-0.1, -0.05) is 6.07 Å². The Kier molecular flexibility index (Phi) is 5.67. The third-order valence-corrected chi connectivity index (χ3v) is 5.94. The summed E-state index contributed by atoms with van der Waals surface area (Å²) in [6, 6.07) is 12.8. The highest BCUT2D eigenvalue weighted by Gasteiger charge is 2.23. The first-order valence-electron chi connectivity index (χ1n) is 8.71. The van der Waals surface area contributed by atoms with E-state index in [1.54, 1.807) is 41.3 Å². The number of nitrogens with zero attached hydrogens (tertiary/aromatic N) is 1. The first-order valence-corrected chi connectivity index (χ1v) is 10.2. The van der Waals surface area contributed by atoms with Gasteiger partial charge in [0.1, 0.15) is 5.75 Å². The number of hydrogen-bond donors (Lipinski definition) is 2. The number of nitrogens with one attached hydrogen (secondary N) is 1. The maximum Gasteiger partial charge on any atom is 0.261 e. The number of methoxy groups -OCH3 is 1. The molecular weight excluding hydrogens is 366 g/mol. The van der Waals surface area contributed by atoms with Gasteiger partial charge >= 0.3 is 0 Å². The van der Waals surface area contributed by atoms with Crippen molar-refractivity contribution in [1.29, 1.82) is 0 Å². The van der Waals surface area contributed by atoms with E-state index in [0.29, 0.717) is 30.1 Å². The molecule has 0 saturated carbocycles. The van der Waals surface area contributed by atoms with Crippen LogP contribution in [0.2, 0.25) is 0 Å². The Morgan fingerprint density at radius 2 is 1.81 bits per heavy atom. The summed E-state index contributed by atoms with van der Waals surface area (Å²) in [5, 5.41) is 0. The molecule has 8 heteroatoms. The van der Waals surface area contributed by atoms with Crippen LogP contribution in [0.5, 0.6) is 5.75 Å². The molecule has 27 heavy (non-hydrogen) atoms. The van der Waals surface area contributed by atoms with E-state index in [2.05, 4.69) is 4.72 Å². The topological polar surface area (TPSA) is 102 Å². The van der Waals surface area contributed by atoms with Gasteiger partial charge in [-0.2, -0.15) is 0 Å². The SMILES string of the molecule is COc1ccc(NS(=O)(=O)c2cccc(C(=O)N3CCC(N)CC3)c2)cc1. The predicted octanol–water partition coefficient (Wildman–Crippen LogP) is 2.06. The lowest BCUT2D eigenvalue weighted by Gasteiger charge is -2.30. The van der Waals surface area contributed by atoms with Crippen LogP contribution in [0.1, 0.15) is 23.2 Å². The van der Waals surface area contributed by atoms with Crippen LogP contribution in [0.15, 0.2) is 53.4 Å². The number of sulfonamides is 1. The first-order chi connectivity index (χ1) is 12.9. The van der Waals surface area contributed by atoms with E-state index in [-0.39, 0.29) is 16.8 Å². The molecule has 2 aromatic rings. The molecule has 1 aliphatic heterocycles. The van der Waals surface area contributed by atoms with Crippen LogP contribution in [0.25, 0.3) is 0 Å². The zero-order valence-electron chi connectivity index (χ0n) is 15.1. The molecule has 7 nitrogen and oxygen atoms in total. The highest BCUT2D eigenvalue weighted by molar-refractivity contribution is 7.92. The van der Waals surface area contributed by atoms with E-state index >= 15 is 0 Å². The van der Waals surface area contributed by atoms with Crippen molar-refractivity contribution >= 4 is 21.6 Å². The molecule has 0 radical (unpaired) electrons. The molecule has 0 atom stereocenters. The maximum atomic E-state index is 12.7. The number of anilines is 1. The summed E-state index contributed by atoms with van der Waals surface area (Å²) in [6.45, 7) is 1.17. The molecule has 1 aliphatic rings. The number of benzene rings is 2. The van der Waals surface area contributed by atoms with Gasteiger partial charge in [-0.3, -0.25) is 9.52 Å². The van der Waals surface area contributed by atoms with Crippen LogP contribution in [-0.2, 0) is 10.0 Å². The Bertz CT molecular complexity index is 905. The standard InChI is InChI=1S/C19H23N3O4S/c1-26-17-7-5-16(6-8-17)21-27(24,25)18-4-2-3-14(13-18)19(23)22-11-9-15(20)10-12-22/h2-8,13,15,21H,9-12,20H2,1H3.